The van der Waals surface area contributed by atoms with Crippen molar-refractivity contribution in [2.45, 2.75) is 77.5 Å². The van der Waals surface area contributed by atoms with Crippen LogP contribution in [0, 0.1) is 0 Å². The molecule has 0 aromatic heterocycles. The molecule has 0 bridgehead atoms. The van der Waals surface area contributed by atoms with Crippen LogP contribution in [-0.2, 0) is 67.3 Å². The molecule has 0 rings (SSSR count). The molecule has 0 aliphatic carbocycles. The second-order valence-electron chi connectivity index (χ2n) is 7.44. The van der Waals surface area contributed by atoms with Gasteiger partial charge in [0.1, 0.15) is 6.61 Å². The van der Waals surface area contributed by atoms with Crippen LogP contribution in [-0.4, -0.2) is 93.8 Å². The van der Waals surface area contributed by atoms with Crippen molar-refractivity contribution in [1.82, 2.24) is 0 Å². The summed E-state index contributed by atoms with van der Waals surface area (Å²) in [6.45, 7) is 6.08. The minimum atomic E-state index is -4.58. The Bertz CT molecular complexity index is 997. The third kappa shape index (κ3) is 10.5. The van der Waals surface area contributed by atoms with E-state index in [9.17, 15) is 40.8 Å². The zero-order chi connectivity index (χ0) is 28.4. The summed E-state index contributed by atoms with van der Waals surface area (Å²) in [5, 5.41) is 0. The lowest BCUT2D eigenvalue weighted by Crippen LogP contribution is -2.59. The Balaban J connectivity index is 7.32. The van der Waals surface area contributed by atoms with Gasteiger partial charge >= 0.3 is 29.8 Å². The SMILES string of the molecule is CCS(=O)(=O)C([C@@H](OC(C)=O)[C@H](OC(C)=O)[C@H](OC(C)=O)[C@@H](COC(C)=O)OC(C)=O)S(=O)(=O)CC. The van der Waals surface area contributed by atoms with Crippen LogP contribution in [0.2, 0.25) is 0 Å². The number of hydrogen-bond acceptors (Lipinski definition) is 14. The molecule has 36 heavy (non-hydrogen) atoms. The molecule has 0 aromatic carbocycles. The van der Waals surface area contributed by atoms with E-state index in [1.165, 1.54) is 0 Å². The minimum Gasteiger partial charge on any atom is -0.462 e. The summed E-state index contributed by atoms with van der Waals surface area (Å²) in [4.78, 5) is 59.0. The maximum atomic E-state index is 13.0. The van der Waals surface area contributed by atoms with Gasteiger partial charge in [-0.15, -0.1) is 0 Å². The largest absolute Gasteiger partial charge is 0.462 e. The van der Waals surface area contributed by atoms with Crippen LogP contribution in [0.5, 0.6) is 0 Å². The van der Waals surface area contributed by atoms with Crippen molar-refractivity contribution in [2.24, 2.45) is 0 Å². The number of carbonyl (C=O) groups excluding carboxylic acids is 5. The van der Waals surface area contributed by atoms with Crippen LogP contribution >= 0.6 is 0 Å². The van der Waals surface area contributed by atoms with Crippen molar-refractivity contribution in [3.8, 4) is 0 Å². The van der Waals surface area contributed by atoms with Gasteiger partial charge < -0.3 is 23.7 Å². The fraction of sp³-hybridized carbons (Fsp3) is 0.750. The van der Waals surface area contributed by atoms with E-state index in [4.69, 9.17) is 23.7 Å². The Hall–Kier alpha value is -2.75. The van der Waals surface area contributed by atoms with Gasteiger partial charge in [0.05, 0.1) is 0 Å². The van der Waals surface area contributed by atoms with Gasteiger partial charge in [0.15, 0.2) is 44.1 Å². The first kappa shape index (κ1) is 33.2. The predicted molar refractivity (Wildman–Crippen MR) is 122 cm³/mol. The van der Waals surface area contributed by atoms with E-state index in [2.05, 4.69) is 0 Å². The first-order valence-corrected chi connectivity index (χ1v) is 14.1. The number of sulfone groups is 2. The summed E-state index contributed by atoms with van der Waals surface area (Å²) in [5.74, 6) is -6.62. The molecule has 0 heterocycles. The number of hydrogen-bond donors (Lipinski definition) is 0. The third-order valence-electron chi connectivity index (χ3n) is 4.47. The van der Waals surface area contributed by atoms with Gasteiger partial charge in [-0.25, -0.2) is 16.8 Å². The lowest BCUT2D eigenvalue weighted by Gasteiger charge is -2.37. The summed E-state index contributed by atoms with van der Waals surface area (Å²) >= 11 is 0. The molecule has 0 aromatic rings. The highest BCUT2D eigenvalue weighted by atomic mass is 32.3. The van der Waals surface area contributed by atoms with Crippen molar-refractivity contribution < 1.29 is 64.5 Å². The normalized spacial score (nSPS) is 15.1. The molecule has 16 heteroatoms. The van der Waals surface area contributed by atoms with E-state index in [0.717, 1.165) is 48.5 Å². The zero-order valence-corrected chi connectivity index (χ0v) is 22.7. The summed E-state index contributed by atoms with van der Waals surface area (Å²) < 4.78 is 74.6. The lowest BCUT2D eigenvalue weighted by atomic mass is 10.0. The van der Waals surface area contributed by atoms with Gasteiger partial charge in [0.25, 0.3) is 0 Å². The van der Waals surface area contributed by atoms with Gasteiger partial charge in [0, 0.05) is 46.1 Å². The van der Waals surface area contributed by atoms with Gasteiger partial charge in [-0.05, 0) is 0 Å². The van der Waals surface area contributed by atoms with Crippen LogP contribution in [0.3, 0.4) is 0 Å². The number of rotatable bonds is 14. The van der Waals surface area contributed by atoms with E-state index < -0.39 is 96.6 Å². The van der Waals surface area contributed by atoms with Crippen molar-refractivity contribution in [2.75, 3.05) is 18.1 Å². The van der Waals surface area contributed by atoms with Crippen molar-refractivity contribution in [3.05, 3.63) is 0 Å². The Morgan fingerprint density at radius 2 is 0.917 bits per heavy atom. The minimum absolute atomic E-state index is 0.722. The first-order valence-electron chi connectivity index (χ1n) is 10.6. The molecule has 208 valence electrons. The molecule has 0 aliphatic heterocycles. The molecule has 0 fully saturated rings. The molecule has 0 N–H and O–H groups in total. The monoisotopic (exact) mass is 560 g/mol. The molecule has 0 saturated heterocycles. The summed E-state index contributed by atoms with van der Waals surface area (Å²) in [5.41, 5.74) is 0. The van der Waals surface area contributed by atoms with Gasteiger partial charge in [0.2, 0.25) is 4.58 Å². The maximum absolute atomic E-state index is 13.0. The Morgan fingerprint density at radius 1 is 0.556 bits per heavy atom. The first-order chi connectivity index (χ1) is 16.4. The van der Waals surface area contributed by atoms with Crippen molar-refractivity contribution in [3.63, 3.8) is 0 Å². The highest BCUT2D eigenvalue weighted by Crippen LogP contribution is 2.28. The second-order valence-corrected chi connectivity index (χ2v) is 12.6. The Morgan fingerprint density at radius 3 is 1.25 bits per heavy atom. The van der Waals surface area contributed by atoms with E-state index in [0.29, 0.717) is 0 Å². The number of ether oxygens (including phenoxy) is 5. The van der Waals surface area contributed by atoms with E-state index >= 15 is 0 Å². The molecule has 4 atom stereocenters. The summed E-state index contributed by atoms with van der Waals surface area (Å²) in [6, 6.07) is 0. The Labute approximate surface area is 209 Å². The highest BCUT2D eigenvalue weighted by Gasteiger charge is 2.54. The van der Waals surface area contributed by atoms with Gasteiger partial charge in [-0.2, -0.15) is 0 Å². The predicted octanol–water partition coefficient (Wildman–Crippen LogP) is -0.528. The van der Waals surface area contributed by atoms with Crippen molar-refractivity contribution >= 4 is 49.5 Å². The smallest absolute Gasteiger partial charge is 0.303 e. The van der Waals surface area contributed by atoms with E-state index in [-0.39, 0.29) is 0 Å². The molecule has 0 amide bonds. The lowest BCUT2D eigenvalue weighted by molar-refractivity contribution is -0.201. The average Bonchev–Trinajstić information content (AvgIpc) is 2.71. The molecule has 14 nitrogen and oxygen atoms in total. The molecule has 0 radical (unpaired) electrons. The van der Waals surface area contributed by atoms with Crippen molar-refractivity contribution in [1.29, 1.82) is 0 Å². The van der Waals surface area contributed by atoms with Crippen LogP contribution in [0.15, 0.2) is 0 Å². The van der Waals surface area contributed by atoms with Crippen LogP contribution < -0.4 is 0 Å². The summed E-state index contributed by atoms with van der Waals surface area (Å²) in [7, 11) is -9.16. The molecule has 0 spiro atoms. The number of esters is 5. The number of carbonyl (C=O) groups is 5. The molecular weight excluding hydrogens is 528 g/mol. The van der Waals surface area contributed by atoms with Gasteiger partial charge in [-0.3, -0.25) is 24.0 Å². The zero-order valence-electron chi connectivity index (χ0n) is 21.0. The standard InChI is InChI=1S/C20H32O14S2/c1-8-35(26,27)20(36(28,29)9-2)19(34-15(7)25)18(33-14(6)24)17(32-13(5)23)16(31-12(4)22)10-30-11(3)21/h16-20H,8-10H2,1-7H3/t16-,17-,18-,19+/m1/s1. The molecular formula is C20H32O14S2. The van der Waals surface area contributed by atoms with E-state index in [1.807, 2.05) is 0 Å². The third-order valence-corrected chi connectivity index (χ3v) is 9.79. The van der Waals surface area contributed by atoms with E-state index in [1.54, 1.807) is 0 Å². The van der Waals surface area contributed by atoms with Crippen LogP contribution in [0.25, 0.3) is 0 Å². The van der Waals surface area contributed by atoms with Crippen LogP contribution in [0.4, 0.5) is 0 Å². The Kier molecular flexibility index (Phi) is 13.0. The highest BCUT2D eigenvalue weighted by molar-refractivity contribution is 8.09. The average molecular weight is 561 g/mol. The molecule has 0 aliphatic rings. The fourth-order valence-electron chi connectivity index (χ4n) is 3.10. The van der Waals surface area contributed by atoms with Gasteiger partial charge in [-0.1, -0.05) is 13.8 Å². The van der Waals surface area contributed by atoms with Crippen LogP contribution in [0.1, 0.15) is 48.5 Å². The molecule has 0 saturated carbocycles. The fourth-order valence-corrected chi connectivity index (χ4v) is 7.60. The molecule has 0 unspecified atom stereocenters. The topological polar surface area (TPSA) is 200 Å². The maximum Gasteiger partial charge on any atom is 0.303 e. The summed E-state index contributed by atoms with van der Waals surface area (Å²) in [6.07, 6.45) is -8.11. The second kappa shape index (κ2) is 14.1. The quantitative estimate of drug-likeness (QED) is 0.194.